The first kappa shape index (κ1) is 15.7. The molecule has 19 heavy (non-hydrogen) atoms. The van der Waals surface area contributed by atoms with Crippen LogP contribution in [0.4, 0.5) is 0 Å². The van der Waals surface area contributed by atoms with Crippen molar-refractivity contribution in [3.63, 3.8) is 0 Å². The summed E-state index contributed by atoms with van der Waals surface area (Å²) in [4.78, 5) is 28.2. The summed E-state index contributed by atoms with van der Waals surface area (Å²) in [5.74, 6) is -0.709. The Kier molecular flexibility index (Phi) is 5.50. The standard InChI is InChI=1S/C13H17BrN2O3/c1-13(2,3)19-16-11(17)8-15-12(18)9-4-6-10(14)7-5-9/h4-7H,8H2,1-3H3,(H,15,18)(H,16,17). The molecule has 0 aliphatic heterocycles. The maximum Gasteiger partial charge on any atom is 0.262 e. The first-order valence-electron chi connectivity index (χ1n) is 5.78. The van der Waals surface area contributed by atoms with Crippen LogP contribution in [0.3, 0.4) is 0 Å². The highest BCUT2D eigenvalue weighted by atomic mass is 79.9. The van der Waals surface area contributed by atoms with E-state index in [9.17, 15) is 9.59 Å². The molecule has 1 rings (SSSR count). The number of hydrogen-bond donors (Lipinski definition) is 2. The third-order valence-corrected chi connectivity index (χ3v) is 2.52. The Bertz CT molecular complexity index is 452. The van der Waals surface area contributed by atoms with Crippen molar-refractivity contribution in [1.82, 2.24) is 10.8 Å². The van der Waals surface area contributed by atoms with Crippen molar-refractivity contribution in [3.05, 3.63) is 34.3 Å². The lowest BCUT2D eigenvalue weighted by atomic mass is 10.2. The molecule has 2 N–H and O–H groups in total. The van der Waals surface area contributed by atoms with Gasteiger partial charge in [0.15, 0.2) is 0 Å². The van der Waals surface area contributed by atoms with Gasteiger partial charge in [-0.15, -0.1) is 0 Å². The van der Waals surface area contributed by atoms with Gasteiger partial charge < -0.3 is 5.32 Å². The van der Waals surface area contributed by atoms with Crippen LogP contribution in [0.1, 0.15) is 31.1 Å². The minimum atomic E-state index is -0.467. The van der Waals surface area contributed by atoms with Gasteiger partial charge in [0.05, 0.1) is 12.1 Å². The van der Waals surface area contributed by atoms with Gasteiger partial charge in [-0.25, -0.2) is 5.48 Å². The van der Waals surface area contributed by atoms with Gasteiger partial charge in [-0.05, 0) is 45.0 Å². The number of benzene rings is 1. The van der Waals surface area contributed by atoms with E-state index < -0.39 is 11.5 Å². The fourth-order valence-corrected chi connectivity index (χ4v) is 1.37. The minimum Gasteiger partial charge on any atom is -0.343 e. The monoisotopic (exact) mass is 328 g/mol. The topological polar surface area (TPSA) is 67.4 Å². The van der Waals surface area contributed by atoms with E-state index in [0.29, 0.717) is 5.56 Å². The quantitative estimate of drug-likeness (QED) is 0.831. The second-order valence-electron chi connectivity index (χ2n) is 4.93. The van der Waals surface area contributed by atoms with E-state index in [2.05, 4.69) is 26.7 Å². The van der Waals surface area contributed by atoms with Crippen molar-refractivity contribution in [2.45, 2.75) is 26.4 Å². The number of carbonyl (C=O) groups is 2. The molecule has 104 valence electrons. The van der Waals surface area contributed by atoms with Gasteiger partial charge in [0.2, 0.25) is 0 Å². The molecule has 6 heteroatoms. The van der Waals surface area contributed by atoms with Crippen molar-refractivity contribution in [3.8, 4) is 0 Å². The molecule has 0 saturated carbocycles. The molecule has 0 atom stereocenters. The number of carbonyl (C=O) groups excluding carboxylic acids is 2. The average Bonchev–Trinajstić information content (AvgIpc) is 2.33. The lowest BCUT2D eigenvalue weighted by molar-refractivity contribution is -0.144. The Morgan fingerprint density at radius 2 is 1.79 bits per heavy atom. The van der Waals surface area contributed by atoms with Gasteiger partial charge >= 0.3 is 0 Å². The normalized spacial score (nSPS) is 10.9. The maximum absolute atomic E-state index is 11.7. The first-order chi connectivity index (χ1) is 8.78. The Hall–Kier alpha value is -1.40. The van der Waals surface area contributed by atoms with Crippen LogP contribution in [0, 0.1) is 0 Å². The highest BCUT2D eigenvalue weighted by Gasteiger charge is 2.13. The van der Waals surface area contributed by atoms with E-state index in [1.54, 1.807) is 24.3 Å². The van der Waals surface area contributed by atoms with Gasteiger partial charge in [-0.2, -0.15) is 0 Å². The molecule has 0 spiro atoms. The zero-order valence-corrected chi connectivity index (χ0v) is 12.7. The molecular formula is C13H17BrN2O3. The third-order valence-electron chi connectivity index (χ3n) is 1.99. The maximum atomic E-state index is 11.7. The van der Waals surface area contributed by atoms with Gasteiger partial charge in [-0.3, -0.25) is 14.4 Å². The number of nitrogens with one attached hydrogen (secondary N) is 2. The third kappa shape index (κ3) is 6.35. The summed E-state index contributed by atoms with van der Waals surface area (Å²) in [5.41, 5.74) is 2.30. The molecule has 0 aromatic heterocycles. The predicted octanol–water partition coefficient (Wildman–Crippen LogP) is 2.03. The molecule has 0 aliphatic rings. The fraction of sp³-hybridized carbons (Fsp3) is 0.385. The molecule has 1 aromatic carbocycles. The average molecular weight is 329 g/mol. The van der Waals surface area contributed by atoms with E-state index in [1.807, 2.05) is 20.8 Å². The number of hydrogen-bond acceptors (Lipinski definition) is 3. The van der Waals surface area contributed by atoms with E-state index in [-0.39, 0.29) is 12.5 Å². The molecule has 0 radical (unpaired) electrons. The molecule has 0 unspecified atom stereocenters. The first-order valence-corrected chi connectivity index (χ1v) is 6.58. The summed E-state index contributed by atoms with van der Waals surface area (Å²) in [6, 6.07) is 6.86. The zero-order chi connectivity index (χ0) is 14.5. The zero-order valence-electron chi connectivity index (χ0n) is 11.1. The van der Waals surface area contributed by atoms with Crippen LogP contribution in [0.25, 0.3) is 0 Å². The second-order valence-corrected chi connectivity index (χ2v) is 5.84. The summed E-state index contributed by atoms with van der Waals surface area (Å²) in [6.07, 6.45) is 0. The van der Waals surface area contributed by atoms with Crippen LogP contribution in [0.2, 0.25) is 0 Å². The number of hydroxylamine groups is 1. The summed E-state index contributed by atoms with van der Waals surface area (Å²) in [5, 5.41) is 2.51. The molecule has 2 amide bonds. The lowest BCUT2D eigenvalue weighted by Crippen LogP contribution is -2.40. The smallest absolute Gasteiger partial charge is 0.262 e. The van der Waals surface area contributed by atoms with Crippen molar-refractivity contribution < 1.29 is 14.4 Å². The highest BCUT2D eigenvalue weighted by molar-refractivity contribution is 9.10. The van der Waals surface area contributed by atoms with Gasteiger partial charge in [0, 0.05) is 10.0 Å². The molecule has 1 aromatic rings. The van der Waals surface area contributed by atoms with Crippen LogP contribution in [-0.4, -0.2) is 24.0 Å². The van der Waals surface area contributed by atoms with Gasteiger partial charge in [0.1, 0.15) is 0 Å². The van der Waals surface area contributed by atoms with E-state index >= 15 is 0 Å². The fourth-order valence-electron chi connectivity index (χ4n) is 1.11. The van der Waals surface area contributed by atoms with Gasteiger partial charge in [0.25, 0.3) is 11.8 Å². The van der Waals surface area contributed by atoms with Crippen LogP contribution in [-0.2, 0) is 9.63 Å². The molecule has 5 nitrogen and oxygen atoms in total. The van der Waals surface area contributed by atoms with E-state index in [0.717, 1.165) is 4.47 Å². The summed E-state index contributed by atoms with van der Waals surface area (Å²) in [6.45, 7) is 5.31. The SMILES string of the molecule is CC(C)(C)ONC(=O)CNC(=O)c1ccc(Br)cc1. The Balaban J connectivity index is 2.38. The summed E-state index contributed by atoms with van der Waals surface area (Å²) < 4.78 is 0.889. The Morgan fingerprint density at radius 3 is 2.32 bits per heavy atom. The Labute approximate surface area is 120 Å². The second kappa shape index (κ2) is 6.68. The lowest BCUT2D eigenvalue weighted by Gasteiger charge is -2.18. The summed E-state index contributed by atoms with van der Waals surface area (Å²) >= 11 is 3.28. The number of halogens is 1. The predicted molar refractivity (Wildman–Crippen MR) is 75.5 cm³/mol. The van der Waals surface area contributed by atoms with E-state index in [4.69, 9.17) is 4.84 Å². The highest BCUT2D eigenvalue weighted by Crippen LogP contribution is 2.10. The van der Waals surface area contributed by atoms with Crippen LogP contribution in [0.5, 0.6) is 0 Å². The van der Waals surface area contributed by atoms with Crippen molar-refractivity contribution >= 4 is 27.7 Å². The number of rotatable bonds is 4. The van der Waals surface area contributed by atoms with Gasteiger partial charge in [-0.1, -0.05) is 15.9 Å². The van der Waals surface area contributed by atoms with Crippen molar-refractivity contribution in [1.29, 1.82) is 0 Å². The van der Waals surface area contributed by atoms with Crippen LogP contribution >= 0.6 is 15.9 Å². The van der Waals surface area contributed by atoms with E-state index in [1.165, 1.54) is 0 Å². The van der Waals surface area contributed by atoms with Crippen molar-refractivity contribution in [2.24, 2.45) is 0 Å². The van der Waals surface area contributed by atoms with Crippen molar-refractivity contribution in [2.75, 3.05) is 6.54 Å². The molecule has 0 bridgehead atoms. The Morgan fingerprint density at radius 1 is 1.21 bits per heavy atom. The largest absolute Gasteiger partial charge is 0.343 e. The molecular weight excluding hydrogens is 312 g/mol. The number of amides is 2. The molecule has 0 fully saturated rings. The molecule has 0 heterocycles. The molecule has 0 aliphatic carbocycles. The van der Waals surface area contributed by atoms with Crippen LogP contribution in [0.15, 0.2) is 28.7 Å². The summed E-state index contributed by atoms with van der Waals surface area (Å²) in [7, 11) is 0. The van der Waals surface area contributed by atoms with Crippen LogP contribution < -0.4 is 10.8 Å². The molecule has 0 saturated heterocycles. The minimum absolute atomic E-state index is 0.134.